The van der Waals surface area contributed by atoms with E-state index in [1.807, 2.05) is 53.6 Å². The first-order valence-corrected chi connectivity index (χ1v) is 13.6. The van der Waals surface area contributed by atoms with Crippen molar-refractivity contribution in [3.05, 3.63) is 95.8 Å². The van der Waals surface area contributed by atoms with Gasteiger partial charge in [-0.05, 0) is 71.4 Å². The van der Waals surface area contributed by atoms with Gasteiger partial charge < -0.3 is 20.7 Å². The molecule has 3 aromatic carbocycles. The zero-order valence-corrected chi connectivity index (χ0v) is 22.4. The van der Waals surface area contributed by atoms with Gasteiger partial charge in [-0.15, -0.1) is 0 Å². The molecule has 0 saturated carbocycles. The number of hydrogen-bond donors (Lipinski definition) is 4. The molecule has 0 saturated heterocycles. The number of nitrogens with one attached hydrogen (secondary N) is 2. The third kappa shape index (κ3) is 5.01. The zero-order valence-electron chi connectivity index (χ0n) is 22.4. The smallest absolute Gasteiger partial charge is 0.240 e. The lowest BCUT2D eigenvalue weighted by Crippen LogP contribution is -2.46. The van der Waals surface area contributed by atoms with Crippen molar-refractivity contribution >= 4 is 22.4 Å². The predicted molar refractivity (Wildman–Crippen MR) is 157 cm³/mol. The number of aromatic nitrogens is 4. The van der Waals surface area contributed by atoms with Crippen molar-refractivity contribution in [2.45, 2.75) is 32.2 Å². The van der Waals surface area contributed by atoms with Crippen LogP contribution in [0.15, 0.2) is 79.0 Å². The first kappa shape index (κ1) is 25.6. The molecule has 40 heavy (non-hydrogen) atoms. The average molecular weight is 533 g/mol. The van der Waals surface area contributed by atoms with E-state index in [0.717, 1.165) is 63.0 Å². The van der Waals surface area contributed by atoms with Gasteiger partial charge in [0.15, 0.2) is 5.82 Å². The standard InChI is InChI=1S/C32H32N6O2/c1-2-21-17-24(39)9-11-25(21)23-8-10-26-28(18-23)36-37-30(26)31-34-19-29(35-31)22-12-14-38(15-13-22)32(40)27(33)16-20-6-4-3-5-7-20/h3-12,17-19,27,39H,2,13-16,33H2,1H3,(H,34,35)(H,36,37)/t27-/m0/s1. The van der Waals surface area contributed by atoms with Crippen molar-refractivity contribution in [3.63, 3.8) is 0 Å². The molecule has 0 unspecified atom stereocenters. The second-order valence-electron chi connectivity index (χ2n) is 10.2. The molecule has 1 amide bonds. The highest BCUT2D eigenvalue weighted by molar-refractivity contribution is 5.94. The normalized spacial score (nSPS) is 14.3. The fourth-order valence-electron chi connectivity index (χ4n) is 5.43. The maximum Gasteiger partial charge on any atom is 0.240 e. The van der Waals surface area contributed by atoms with Crippen molar-refractivity contribution < 1.29 is 9.90 Å². The van der Waals surface area contributed by atoms with Gasteiger partial charge in [0.1, 0.15) is 11.4 Å². The van der Waals surface area contributed by atoms with Crippen LogP contribution in [0.4, 0.5) is 0 Å². The van der Waals surface area contributed by atoms with Gasteiger partial charge in [0, 0.05) is 18.5 Å². The summed E-state index contributed by atoms with van der Waals surface area (Å²) >= 11 is 0. The zero-order chi connectivity index (χ0) is 27.6. The molecule has 1 atom stereocenters. The minimum absolute atomic E-state index is 0.0230. The maximum atomic E-state index is 12.9. The summed E-state index contributed by atoms with van der Waals surface area (Å²) in [5, 5.41) is 18.6. The Hall–Kier alpha value is -4.69. The summed E-state index contributed by atoms with van der Waals surface area (Å²) in [6.07, 6.45) is 5.99. The van der Waals surface area contributed by atoms with Gasteiger partial charge in [0.25, 0.3) is 0 Å². The van der Waals surface area contributed by atoms with Crippen molar-refractivity contribution in [3.8, 4) is 28.4 Å². The highest BCUT2D eigenvalue weighted by atomic mass is 16.3. The van der Waals surface area contributed by atoms with Gasteiger partial charge in [-0.1, -0.05) is 55.5 Å². The summed E-state index contributed by atoms with van der Waals surface area (Å²) in [4.78, 5) is 22.8. The number of phenols is 1. The van der Waals surface area contributed by atoms with Crippen LogP contribution in [0.1, 0.15) is 30.2 Å². The highest BCUT2D eigenvalue weighted by Gasteiger charge is 2.24. The van der Waals surface area contributed by atoms with Gasteiger partial charge in [-0.25, -0.2) is 4.98 Å². The predicted octanol–water partition coefficient (Wildman–Crippen LogP) is 5.07. The number of amides is 1. The summed E-state index contributed by atoms with van der Waals surface area (Å²) in [5.41, 5.74) is 14.3. The monoisotopic (exact) mass is 532 g/mol. The number of aromatic amines is 2. The van der Waals surface area contributed by atoms with Gasteiger partial charge in [-0.3, -0.25) is 9.89 Å². The fraction of sp³-hybridized carbons (Fsp3) is 0.219. The van der Waals surface area contributed by atoms with Crippen LogP contribution in [0, 0.1) is 0 Å². The summed E-state index contributed by atoms with van der Waals surface area (Å²) in [6.45, 7) is 3.22. The van der Waals surface area contributed by atoms with Gasteiger partial charge in [0.05, 0.1) is 23.4 Å². The number of nitrogens with zero attached hydrogens (tertiary/aromatic N) is 3. The number of fused-ring (bicyclic) bond motifs is 1. The molecule has 8 heteroatoms. The van der Waals surface area contributed by atoms with E-state index >= 15 is 0 Å². The highest BCUT2D eigenvalue weighted by Crippen LogP contribution is 2.32. The maximum absolute atomic E-state index is 12.9. The number of benzene rings is 3. The molecule has 0 spiro atoms. The number of phenolic OH excluding ortho intramolecular Hbond substituents is 1. The van der Waals surface area contributed by atoms with Crippen LogP contribution < -0.4 is 5.73 Å². The quantitative estimate of drug-likeness (QED) is 0.233. The van der Waals surface area contributed by atoms with Crippen molar-refractivity contribution in [2.75, 3.05) is 13.1 Å². The summed E-state index contributed by atoms with van der Waals surface area (Å²) < 4.78 is 0. The molecule has 0 radical (unpaired) electrons. The van der Waals surface area contributed by atoms with Gasteiger partial charge >= 0.3 is 0 Å². The molecule has 0 bridgehead atoms. The topological polar surface area (TPSA) is 124 Å². The minimum atomic E-state index is -0.549. The van der Waals surface area contributed by atoms with Gasteiger partial charge in [0.2, 0.25) is 5.91 Å². The molecule has 6 rings (SSSR count). The number of H-pyrrole nitrogens is 2. The van der Waals surface area contributed by atoms with Crippen molar-refractivity contribution in [1.82, 2.24) is 25.1 Å². The molecule has 2 aromatic heterocycles. The Bertz CT molecular complexity index is 1700. The summed E-state index contributed by atoms with van der Waals surface area (Å²) in [6, 6.07) is 21.0. The number of aromatic hydroxyl groups is 1. The van der Waals surface area contributed by atoms with E-state index < -0.39 is 6.04 Å². The van der Waals surface area contributed by atoms with E-state index in [0.29, 0.717) is 25.3 Å². The first-order valence-electron chi connectivity index (χ1n) is 13.6. The van der Waals surface area contributed by atoms with Crippen LogP contribution in [0.2, 0.25) is 0 Å². The van der Waals surface area contributed by atoms with Crippen LogP contribution in [-0.4, -0.2) is 55.2 Å². The van der Waals surface area contributed by atoms with E-state index in [9.17, 15) is 9.90 Å². The largest absolute Gasteiger partial charge is 0.508 e. The molecule has 202 valence electrons. The lowest BCUT2D eigenvalue weighted by atomic mass is 9.97. The number of carbonyl (C=O) groups excluding carboxylic acids is 1. The number of imidazole rings is 1. The second-order valence-corrected chi connectivity index (χ2v) is 10.2. The Morgan fingerprint density at radius 3 is 2.75 bits per heavy atom. The van der Waals surface area contributed by atoms with Crippen molar-refractivity contribution in [2.24, 2.45) is 5.73 Å². The number of rotatable bonds is 7. The lowest BCUT2D eigenvalue weighted by Gasteiger charge is -2.28. The summed E-state index contributed by atoms with van der Waals surface area (Å²) in [7, 11) is 0. The van der Waals surface area contributed by atoms with Crippen LogP contribution in [0.3, 0.4) is 0 Å². The number of hydrogen-bond acceptors (Lipinski definition) is 5. The first-order chi connectivity index (χ1) is 19.5. The third-order valence-corrected chi connectivity index (χ3v) is 7.63. The van der Waals surface area contributed by atoms with E-state index in [1.54, 1.807) is 6.07 Å². The van der Waals surface area contributed by atoms with E-state index in [-0.39, 0.29) is 11.7 Å². The average Bonchev–Trinajstić information content (AvgIpc) is 3.64. The van der Waals surface area contributed by atoms with Crippen LogP contribution in [-0.2, 0) is 17.6 Å². The van der Waals surface area contributed by atoms with Crippen LogP contribution in [0.5, 0.6) is 5.75 Å². The minimum Gasteiger partial charge on any atom is -0.508 e. The second kappa shape index (κ2) is 10.8. The number of carbonyl (C=O) groups is 1. The molecule has 3 heterocycles. The Kier molecular flexibility index (Phi) is 6.92. The molecule has 5 aromatic rings. The third-order valence-electron chi connectivity index (χ3n) is 7.63. The van der Waals surface area contributed by atoms with Gasteiger partial charge in [-0.2, -0.15) is 5.10 Å². The molecule has 5 N–H and O–H groups in total. The van der Waals surface area contributed by atoms with E-state index in [4.69, 9.17) is 5.73 Å². The molecule has 1 aliphatic heterocycles. The molecule has 1 aliphatic rings. The Labute approximate surface area is 232 Å². The Morgan fingerprint density at radius 1 is 1.12 bits per heavy atom. The SMILES string of the molecule is CCc1cc(O)ccc1-c1ccc2c(-c3ncc(C4=CCN(C(=O)[C@@H](N)Cc5ccccc5)CC4)[nH]3)n[nH]c2c1. The summed E-state index contributed by atoms with van der Waals surface area (Å²) in [5.74, 6) is 0.945. The van der Waals surface area contributed by atoms with E-state index in [1.165, 1.54) is 0 Å². The van der Waals surface area contributed by atoms with E-state index in [2.05, 4.69) is 51.4 Å². The number of aryl methyl sites for hydroxylation is 1. The lowest BCUT2D eigenvalue weighted by molar-refractivity contribution is -0.132. The molecule has 0 aliphatic carbocycles. The van der Waals surface area contributed by atoms with Crippen LogP contribution in [0.25, 0.3) is 39.1 Å². The molecule has 0 fully saturated rings. The van der Waals surface area contributed by atoms with Crippen LogP contribution >= 0.6 is 0 Å². The molecular weight excluding hydrogens is 500 g/mol. The Morgan fingerprint density at radius 2 is 1.98 bits per heavy atom. The number of nitrogens with two attached hydrogens (primary N) is 1. The van der Waals surface area contributed by atoms with Crippen molar-refractivity contribution in [1.29, 1.82) is 0 Å². The molecular formula is C32H32N6O2. The Balaban J connectivity index is 1.17. The molecule has 8 nitrogen and oxygen atoms in total. The fourth-order valence-corrected chi connectivity index (χ4v) is 5.43.